The van der Waals surface area contributed by atoms with Gasteiger partial charge in [-0.15, -0.1) is 0 Å². The van der Waals surface area contributed by atoms with Gasteiger partial charge in [-0.05, 0) is 0 Å². The zero-order chi connectivity index (χ0) is 19.2. The molecule has 0 heterocycles. The van der Waals surface area contributed by atoms with Gasteiger partial charge in [0.25, 0.3) is 0 Å². The van der Waals surface area contributed by atoms with Gasteiger partial charge in [0.15, 0.2) is 0 Å². The summed E-state index contributed by atoms with van der Waals surface area (Å²) in [6.07, 6.45) is 19.7. The van der Waals surface area contributed by atoms with Crippen molar-refractivity contribution < 1.29 is 0 Å². The van der Waals surface area contributed by atoms with E-state index in [-0.39, 0.29) is 0 Å². The molecule has 0 N–H and O–H groups in total. The van der Waals surface area contributed by atoms with Gasteiger partial charge >= 0.3 is 169 Å². The average molecular weight is 399 g/mol. The molecule has 1 rings (SSSR count). The first-order valence-electron chi connectivity index (χ1n) is 11.4. The van der Waals surface area contributed by atoms with Crippen LogP contribution in [0.2, 0.25) is 0 Å². The van der Waals surface area contributed by atoms with Gasteiger partial charge < -0.3 is 0 Å². The van der Waals surface area contributed by atoms with E-state index in [9.17, 15) is 0 Å². The predicted molar refractivity (Wildman–Crippen MR) is 126 cm³/mol. The van der Waals surface area contributed by atoms with Gasteiger partial charge in [0.05, 0.1) is 0 Å². The molecule has 0 aromatic heterocycles. The summed E-state index contributed by atoms with van der Waals surface area (Å²) < 4.78 is 0. The molecule has 0 spiro atoms. The zero-order valence-corrected chi connectivity index (χ0v) is 19.5. The van der Waals surface area contributed by atoms with Crippen LogP contribution in [-0.4, -0.2) is 18.5 Å². The molecule has 0 unspecified atom stereocenters. The maximum absolute atomic E-state index is 7.89. The SMILES string of the molecule is CCCCCCP(Cl)(CCCCCC)(CCCCCC)c1ccccc1. The summed E-state index contributed by atoms with van der Waals surface area (Å²) in [5.74, 6) is -2.35. The van der Waals surface area contributed by atoms with E-state index in [2.05, 4.69) is 51.1 Å². The summed E-state index contributed by atoms with van der Waals surface area (Å²) in [4.78, 5) is 0. The van der Waals surface area contributed by atoms with E-state index in [1.165, 1.54) is 101 Å². The minimum atomic E-state index is -2.35. The Morgan fingerprint density at radius 2 is 0.962 bits per heavy atom. The van der Waals surface area contributed by atoms with E-state index in [1.807, 2.05) is 0 Å². The maximum atomic E-state index is 7.89. The Balaban J connectivity index is 3.00. The summed E-state index contributed by atoms with van der Waals surface area (Å²) in [6.45, 7) is 6.90. The molecule has 0 nitrogen and oxygen atoms in total. The van der Waals surface area contributed by atoms with E-state index >= 15 is 0 Å². The zero-order valence-electron chi connectivity index (χ0n) is 17.8. The van der Waals surface area contributed by atoms with Crippen LogP contribution in [0.1, 0.15) is 97.8 Å². The second kappa shape index (κ2) is 13.2. The summed E-state index contributed by atoms with van der Waals surface area (Å²) in [5.41, 5.74) is 0. The van der Waals surface area contributed by atoms with Crippen LogP contribution < -0.4 is 5.30 Å². The van der Waals surface area contributed by atoms with Crippen LogP contribution in [0, 0.1) is 0 Å². The van der Waals surface area contributed by atoms with E-state index in [0.29, 0.717) is 0 Å². The average Bonchev–Trinajstić information content (AvgIpc) is 2.67. The molecule has 0 aliphatic rings. The fourth-order valence-electron chi connectivity index (χ4n) is 4.23. The standard InChI is InChI=1S/C24H44ClP/c1-4-7-10-16-21-26(25,22-17-11-8-5-2,23-18-12-9-6-3)24-19-14-13-15-20-24/h13-15,19-20H,4-12,16-18,21-23H2,1-3H3. The van der Waals surface area contributed by atoms with Gasteiger partial charge in [0, 0.05) is 0 Å². The second-order valence-corrected chi connectivity index (χ2v) is 16.0. The molecular weight excluding hydrogens is 355 g/mol. The third-order valence-electron chi connectivity index (χ3n) is 5.97. The van der Waals surface area contributed by atoms with Crippen LogP contribution in [0.25, 0.3) is 0 Å². The quantitative estimate of drug-likeness (QED) is 0.193. The third kappa shape index (κ3) is 7.90. The molecule has 0 radical (unpaired) electrons. The molecule has 152 valence electrons. The summed E-state index contributed by atoms with van der Waals surface area (Å²) in [6, 6.07) is 11.3. The Morgan fingerprint density at radius 1 is 0.577 bits per heavy atom. The van der Waals surface area contributed by atoms with Gasteiger partial charge in [-0.1, -0.05) is 0 Å². The number of halogens is 1. The van der Waals surface area contributed by atoms with Crippen molar-refractivity contribution >= 4 is 22.5 Å². The van der Waals surface area contributed by atoms with Crippen molar-refractivity contribution in [2.45, 2.75) is 97.8 Å². The molecule has 26 heavy (non-hydrogen) atoms. The normalized spacial score (nSPS) is 13.5. The molecule has 0 saturated carbocycles. The van der Waals surface area contributed by atoms with E-state index in [0.717, 1.165) is 0 Å². The summed E-state index contributed by atoms with van der Waals surface area (Å²) in [7, 11) is 0. The minimum absolute atomic E-state index is 1.26. The van der Waals surface area contributed by atoms with Gasteiger partial charge in [-0.25, -0.2) is 0 Å². The number of unbranched alkanes of at least 4 members (excludes halogenated alkanes) is 9. The van der Waals surface area contributed by atoms with Gasteiger partial charge in [-0.2, -0.15) is 0 Å². The molecule has 0 saturated heterocycles. The summed E-state index contributed by atoms with van der Waals surface area (Å²) >= 11 is 7.89. The van der Waals surface area contributed by atoms with Crippen molar-refractivity contribution in [3.8, 4) is 0 Å². The Bertz CT molecular complexity index is 422. The Morgan fingerprint density at radius 3 is 1.31 bits per heavy atom. The molecule has 2 heteroatoms. The Labute approximate surface area is 169 Å². The van der Waals surface area contributed by atoms with Gasteiger partial charge in [0.2, 0.25) is 0 Å². The van der Waals surface area contributed by atoms with Crippen molar-refractivity contribution in [3.63, 3.8) is 0 Å². The van der Waals surface area contributed by atoms with Gasteiger partial charge in [-0.3, -0.25) is 0 Å². The van der Waals surface area contributed by atoms with E-state index in [4.69, 9.17) is 11.2 Å². The van der Waals surface area contributed by atoms with Crippen molar-refractivity contribution in [2.75, 3.05) is 18.5 Å². The summed E-state index contributed by atoms with van der Waals surface area (Å²) in [5, 5.41) is 1.50. The van der Waals surface area contributed by atoms with Crippen LogP contribution in [0.5, 0.6) is 0 Å². The second-order valence-electron chi connectivity index (χ2n) is 8.28. The molecule has 0 aliphatic carbocycles. The van der Waals surface area contributed by atoms with E-state index in [1.54, 1.807) is 0 Å². The number of rotatable bonds is 16. The van der Waals surface area contributed by atoms with Crippen LogP contribution in [0.4, 0.5) is 0 Å². The van der Waals surface area contributed by atoms with Gasteiger partial charge in [0.1, 0.15) is 0 Å². The number of hydrogen-bond donors (Lipinski definition) is 0. The molecule has 1 aromatic carbocycles. The Kier molecular flexibility index (Phi) is 12.1. The first-order valence-corrected chi connectivity index (χ1v) is 15.1. The van der Waals surface area contributed by atoms with Crippen molar-refractivity contribution in [1.29, 1.82) is 0 Å². The number of hydrogen-bond acceptors (Lipinski definition) is 0. The first-order chi connectivity index (χ1) is 12.6. The third-order valence-corrected chi connectivity index (χ3v) is 13.7. The molecule has 0 amide bonds. The van der Waals surface area contributed by atoms with E-state index < -0.39 is 5.96 Å². The molecule has 0 bridgehead atoms. The van der Waals surface area contributed by atoms with Crippen LogP contribution in [-0.2, 0) is 0 Å². The van der Waals surface area contributed by atoms with Crippen LogP contribution in [0.3, 0.4) is 0 Å². The monoisotopic (exact) mass is 398 g/mol. The first kappa shape index (κ1) is 24.0. The Hall–Kier alpha value is -0.0600. The predicted octanol–water partition coefficient (Wildman–Crippen LogP) is 8.76. The van der Waals surface area contributed by atoms with Crippen molar-refractivity contribution in [2.24, 2.45) is 0 Å². The van der Waals surface area contributed by atoms with Crippen molar-refractivity contribution in [1.82, 2.24) is 0 Å². The van der Waals surface area contributed by atoms with Crippen molar-refractivity contribution in [3.05, 3.63) is 30.3 Å². The molecular formula is C24H44ClP. The topological polar surface area (TPSA) is 0 Å². The fraction of sp³-hybridized carbons (Fsp3) is 0.750. The molecule has 1 aromatic rings. The van der Waals surface area contributed by atoms with Crippen LogP contribution >= 0.6 is 17.2 Å². The molecule has 0 aliphatic heterocycles. The molecule has 0 fully saturated rings. The molecule has 0 atom stereocenters. The van der Waals surface area contributed by atoms with Crippen LogP contribution in [0.15, 0.2) is 30.3 Å². The number of benzene rings is 1. The fourth-order valence-corrected chi connectivity index (χ4v) is 10.8.